The average Bonchev–Trinajstić information content (AvgIpc) is 2.86. The van der Waals surface area contributed by atoms with Gasteiger partial charge >= 0.3 is 0 Å². The van der Waals surface area contributed by atoms with Gasteiger partial charge in [-0.05, 0) is 25.0 Å². The summed E-state index contributed by atoms with van der Waals surface area (Å²) in [4.78, 5) is 0. The fourth-order valence-corrected chi connectivity index (χ4v) is 2.18. The van der Waals surface area contributed by atoms with E-state index in [-0.39, 0.29) is 5.92 Å². The minimum atomic E-state index is -0.722. The van der Waals surface area contributed by atoms with Gasteiger partial charge in [-0.1, -0.05) is 37.6 Å². The Hall–Kier alpha value is -1.36. The van der Waals surface area contributed by atoms with Crippen LogP contribution in [0.1, 0.15) is 26.3 Å². The Balaban J connectivity index is 2.05. The molecule has 0 saturated heterocycles. The molecular weight excluding hydrogens is 286 g/mol. The van der Waals surface area contributed by atoms with E-state index in [9.17, 15) is 5.11 Å². The van der Waals surface area contributed by atoms with Crippen molar-refractivity contribution in [2.75, 3.05) is 6.54 Å². The number of hydrogen-bond acceptors (Lipinski definition) is 3. The van der Waals surface area contributed by atoms with Crippen molar-refractivity contribution in [1.82, 2.24) is 15.5 Å². The highest BCUT2D eigenvalue weighted by Crippen LogP contribution is 2.24. The fourth-order valence-electron chi connectivity index (χ4n) is 1.99. The summed E-state index contributed by atoms with van der Waals surface area (Å²) in [6.07, 6.45) is 1.80. The molecule has 114 valence electrons. The summed E-state index contributed by atoms with van der Waals surface area (Å²) in [6.45, 7) is 7.04. The molecule has 4 nitrogen and oxygen atoms in total. The molecule has 1 aromatic heterocycles. The molecule has 0 amide bonds. The highest BCUT2D eigenvalue weighted by molar-refractivity contribution is 6.30. The first-order valence-electron chi connectivity index (χ1n) is 7.11. The second kappa shape index (κ2) is 6.60. The Kier molecular flexibility index (Phi) is 5.04. The number of nitrogens with zero attached hydrogens (tertiary/aromatic N) is 1. The van der Waals surface area contributed by atoms with Crippen LogP contribution in [-0.2, 0) is 6.54 Å². The lowest BCUT2D eigenvalue weighted by Gasteiger charge is -2.27. The van der Waals surface area contributed by atoms with Gasteiger partial charge < -0.3 is 10.4 Å². The quantitative estimate of drug-likeness (QED) is 0.768. The van der Waals surface area contributed by atoms with Crippen LogP contribution in [0.3, 0.4) is 0 Å². The summed E-state index contributed by atoms with van der Waals surface area (Å²) >= 11 is 6.03. The molecule has 0 aliphatic rings. The third-order valence-corrected chi connectivity index (χ3v) is 4.11. The molecule has 2 rings (SSSR count). The molecule has 0 saturated carbocycles. The Morgan fingerprint density at radius 1 is 1.43 bits per heavy atom. The molecule has 1 heterocycles. The van der Waals surface area contributed by atoms with Crippen LogP contribution in [0.15, 0.2) is 30.5 Å². The molecule has 0 radical (unpaired) electrons. The maximum atomic E-state index is 10.2. The van der Waals surface area contributed by atoms with Gasteiger partial charge in [-0.15, -0.1) is 0 Å². The predicted octanol–water partition coefficient (Wildman–Crippen LogP) is 3.23. The Morgan fingerprint density at radius 3 is 2.86 bits per heavy atom. The lowest BCUT2D eigenvalue weighted by atomic mass is 9.92. The summed E-state index contributed by atoms with van der Waals surface area (Å²) in [5.41, 5.74) is 2.29. The number of H-pyrrole nitrogens is 1. The largest absolute Gasteiger partial charge is 0.389 e. The first-order valence-corrected chi connectivity index (χ1v) is 7.49. The smallest absolute Gasteiger partial charge is 0.0766 e. The molecule has 1 atom stereocenters. The third kappa shape index (κ3) is 4.06. The zero-order chi connectivity index (χ0) is 15.5. The van der Waals surface area contributed by atoms with Gasteiger partial charge in [-0.25, -0.2) is 0 Å². The number of aromatic nitrogens is 2. The molecule has 1 unspecified atom stereocenters. The van der Waals surface area contributed by atoms with Crippen molar-refractivity contribution in [2.24, 2.45) is 5.92 Å². The highest BCUT2D eigenvalue weighted by atomic mass is 35.5. The predicted molar refractivity (Wildman–Crippen MR) is 86.2 cm³/mol. The van der Waals surface area contributed by atoms with Gasteiger partial charge in [0.25, 0.3) is 0 Å². The van der Waals surface area contributed by atoms with Crippen LogP contribution in [0.5, 0.6) is 0 Å². The topological polar surface area (TPSA) is 60.9 Å². The van der Waals surface area contributed by atoms with Crippen LogP contribution >= 0.6 is 11.6 Å². The maximum Gasteiger partial charge on any atom is 0.0766 e. The molecule has 5 heteroatoms. The van der Waals surface area contributed by atoms with Gasteiger partial charge in [0.2, 0.25) is 0 Å². The van der Waals surface area contributed by atoms with E-state index in [1.165, 1.54) is 0 Å². The molecular formula is C16H22ClN3O. The fraction of sp³-hybridized carbons (Fsp3) is 0.438. The van der Waals surface area contributed by atoms with Crippen LogP contribution in [-0.4, -0.2) is 27.4 Å². The average molecular weight is 308 g/mol. The van der Waals surface area contributed by atoms with Crippen LogP contribution in [0.25, 0.3) is 11.3 Å². The minimum absolute atomic E-state index is 0.196. The number of benzene rings is 1. The number of rotatable bonds is 6. The van der Waals surface area contributed by atoms with Crippen molar-refractivity contribution in [3.05, 3.63) is 41.0 Å². The van der Waals surface area contributed by atoms with Crippen molar-refractivity contribution in [3.63, 3.8) is 0 Å². The van der Waals surface area contributed by atoms with Crippen molar-refractivity contribution < 1.29 is 5.11 Å². The van der Waals surface area contributed by atoms with Crippen molar-refractivity contribution in [2.45, 2.75) is 32.9 Å². The van der Waals surface area contributed by atoms with Gasteiger partial charge in [0.15, 0.2) is 0 Å². The minimum Gasteiger partial charge on any atom is -0.389 e. The van der Waals surface area contributed by atoms with Crippen LogP contribution in [0.4, 0.5) is 0 Å². The van der Waals surface area contributed by atoms with E-state index in [1.807, 2.05) is 45.0 Å². The summed E-state index contributed by atoms with van der Waals surface area (Å²) < 4.78 is 0. The molecule has 0 fully saturated rings. The lowest BCUT2D eigenvalue weighted by molar-refractivity contribution is 0.0140. The van der Waals surface area contributed by atoms with Gasteiger partial charge in [-0.2, -0.15) is 5.10 Å². The number of hydrogen-bond donors (Lipinski definition) is 3. The standard InChI is InChI=1S/C16H22ClN3O/c1-11(2)16(3,21)10-18-8-13-9-19-20-15(13)12-5-4-6-14(17)7-12/h4-7,9,11,18,21H,8,10H2,1-3H3,(H,19,20). The first kappa shape index (κ1) is 16.0. The Labute approximate surface area is 130 Å². The van der Waals surface area contributed by atoms with Crippen molar-refractivity contribution in [3.8, 4) is 11.3 Å². The zero-order valence-corrected chi connectivity index (χ0v) is 13.4. The van der Waals surface area contributed by atoms with Crippen LogP contribution in [0, 0.1) is 5.92 Å². The van der Waals surface area contributed by atoms with Crippen molar-refractivity contribution >= 4 is 11.6 Å². The number of aromatic amines is 1. The second-order valence-electron chi connectivity index (χ2n) is 5.90. The van der Waals surface area contributed by atoms with E-state index < -0.39 is 5.60 Å². The number of aliphatic hydroxyl groups is 1. The molecule has 21 heavy (non-hydrogen) atoms. The van der Waals surface area contributed by atoms with Gasteiger partial charge in [0, 0.05) is 29.2 Å². The molecule has 1 aromatic carbocycles. The van der Waals surface area contributed by atoms with Gasteiger partial charge in [0.05, 0.1) is 17.5 Å². The highest BCUT2D eigenvalue weighted by Gasteiger charge is 2.24. The Morgan fingerprint density at radius 2 is 2.19 bits per heavy atom. The lowest BCUT2D eigenvalue weighted by Crippen LogP contribution is -2.41. The van der Waals surface area contributed by atoms with E-state index in [0.29, 0.717) is 18.1 Å². The Bertz CT molecular complexity index is 593. The van der Waals surface area contributed by atoms with E-state index in [0.717, 1.165) is 16.8 Å². The number of halogens is 1. The van der Waals surface area contributed by atoms with E-state index in [1.54, 1.807) is 6.20 Å². The molecule has 0 aliphatic carbocycles. The number of nitrogens with one attached hydrogen (secondary N) is 2. The molecule has 0 spiro atoms. The van der Waals surface area contributed by atoms with E-state index >= 15 is 0 Å². The molecule has 0 aliphatic heterocycles. The summed E-state index contributed by atoms with van der Waals surface area (Å²) in [5, 5.41) is 21.3. The maximum absolute atomic E-state index is 10.2. The summed E-state index contributed by atoms with van der Waals surface area (Å²) in [5.74, 6) is 0.196. The van der Waals surface area contributed by atoms with Crippen molar-refractivity contribution in [1.29, 1.82) is 0 Å². The molecule has 0 bridgehead atoms. The zero-order valence-electron chi connectivity index (χ0n) is 12.7. The third-order valence-electron chi connectivity index (χ3n) is 3.87. The SMILES string of the molecule is CC(C)C(C)(O)CNCc1cn[nH]c1-c1cccc(Cl)c1. The first-order chi connectivity index (χ1) is 9.90. The van der Waals surface area contributed by atoms with Gasteiger partial charge in [-0.3, -0.25) is 5.10 Å². The summed E-state index contributed by atoms with van der Waals surface area (Å²) in [6, 6.07) is 7.66. The molecule has 2 aromatic rings. The van der Waals surface area contributed by atoms with E-state index in [2.05, 4.69) is 15.5 Å². The van der Waals surface area contributed by atoms with Gasteiger partial charge in [0.1, 0.15) is 0 Å². The van der Waals surface area contributed by atoms with Crippen LogP contribution in [0.2, 0.25) is 5.02 Å². The van der Waals surface area contributed by atoms with E-state index in [4.69, 9.17) is 11.6 Å². The normalized spacial score (nSPS) is 14.4. The summed E-state index contributed by atoms with van der Waals surface area (Å²) in [7, 11) is 0. The monoisotopic (exact) mass is 307 g/mol. The molecule has 3 N–H and O–H groups in total. The van der Waals surface area contributed by atoms with Crippen LogP contribution < -0.4 is 5.32 Å². The second-order valence-corrected chi connectivity index (χ2v) is 6.33.